The van der Waals surface area contributed by atoms with Crippen LogP contribution in [0, 0.1) is 0 Å². The molecule has 4 nitrogen and oxygen atoms in total. The van der Waals surface area contributed by atoms with Gasteiger partial charge in [0.05, 0.1) is 19.6 Å². The van der Waals surface area contributed by atoms with Crippen LogP contribution < -0.4 is 0 Å². The third-order valence-electron chi connectivity index (χ3n) is 2.48. The van der Waals surface area contributed by atoms with Crippen LogP contribution in [0.5, 0.6) is 0 Å². The van der Waals surface area contributed by atoms with E-state index in [0.717, 1.165) is 10.0 Å². The van der Waals surface area contributed by atoms with Crippen LogP contribution in [0.3, 0.4) is 0 Å². The first-order chi connectivity index (χ1) is 7.75. The maximum atomic E-state index is 11.9. The molecule has 0 saturated carbocycles. The molecule has 0 N–H and O–H groups in total. The summed E-state index contributed by atoms with van der Waals surface area (Å²) in [6.07, 6.45) is 3.85. The maximum Gasteiger partial charge on any atom is 0.227 e. The molecule has 1 aromatic rings. The summed E-state index contributed by atoms with van der Waals surface area (Å²) in [6, 6.07) is 1.92. The van der Waals surface area contributed by atoms with E-state index in [9.17, 15) is 4.79 Å². The van der Waals surface area contributed by atoms with E-state index >= 15 is 0 Å². The number of aromatic nitrogens is 1. The van der Waals surface area contributed by atoms with Crippen molar-refractivity contribution in [2.75, 3.05) is 26.3 Å². The van der Waals surface area contributed by atoms with Crippen LogP contribution in [-0.2, 0) is 16.0 Å². The summed E-state index contributed by atoms with van der Waals surface area (Å²) in [5.74, 6) is 0.142. The van der Waals surface area contributed by atoms with Crippen molar-refractivity contribution in [1.29, 1.82) is 0 Å². The summed E-state index contributed by atoms with van der Waals surface area (Å²) in [7, 11) is 0. The zero-order chi connectivity index (χ0) is 11.4. The first kappa shape index (κ1) is 11.5. The average molecular weight is 285 g/mol. The number of hydrogen-bond donors (Lipinski definition) is 0. The van der Waals surface area contributed by atoms with Gasteiger partial charge in [-0.1, -0.05) is 0 Å². The van der Waals surface area contributed by atoms with Gasteiger partial charge in [-0.2, -0.15) is 0 Å². The third-order valence-corrected chi connectivity index (χ3v) is 2.91. The minimum Gasteiger partial charge on any atom is -0.378 e. The molecule has 86 valence electrons. The maximum absolute atomic E-state index is 11.9. The van der Waals surface area contributed by atoms with Crippen molar-refractivity contribution in [2.45, 2.75) is 6.42 Å². The van der Waals surface area contributed by atoms with Crippen LogP contribution in [0.1, 0.15) is 5.56 Å². The molecule has 0 atom stereocenters. The summed E-state index contributed by atoms with van der Waals surface area (Å²) in [5, 5.41) is 0. The Morgan fingerprint density at radius 1 is 1.44 bits per heavy atom. The number of ether oxygens (including phenoxy) is 1. The van der Waals surface area contributed by atoms with Crippen molar-refractivity contribution in [3.63, 3.8) is 0 Å². The molecule has 0 aliphatic carbocycles. The van der Waals surface area contributed by atoms with Gasteiger partial charge in [-0.15, -0.1) is 0 Å². The molecule has 16 heavy (non-hydrogen) atoms. The van der Waals surface area contributed by atoms with E-state index in [1.54, 1.807) is 12.4 Å². The Morgan fingerprint density at radius 2 is 2.19 bits per heavy atom. The van der Waals surface area contributed by atoms with E-state index in [1.165, 1.54) is 0 Å². The number of morpholine rings is 1. The van der Waals surface area contributed by atoms with Crippen LogP contribution in [-0.4, -0.2) is 42.1 Å². The Bertz CT molecular complexity index is 378. The summed E-state index contributed by atoms with van der Waals surface area (Å²) in [6.45, 7) is 2.67. The van der Waals surface area contributed by atoms with Crippen molar-refractivity contribution in [3.8, 4) is 0 Å². The monoisotopic (exact) mass is 284 g/mol. The number of halogens is 1. The summed E-state index contributed by atoms with van der Waals surface area (Å²) >= 11 is 3.34. The van der Waals surface area contributed by atoms with Gasteiger partial charge in [0.15, 0.2) is 0 Å². The van der Waals surface area contributed by atoms with Gasteiger partial charge in [-0.05, 0) is 27.6 Å². The summed E-state index contributed by atoms with van der Waals surface area (Å²) in [5.41, 5.74) is 0.936. The van der Waals surface area contributed by atoms with Gasteiger partial charge >= 0.3 is 0 Å². The fourth-order valence-electron chi connectivity index (χ4n) is 1.65. The molecule has 2 heterocycles. The van der Waals surface area contributed by atoms with Gasteiger partial charge in [0.2, 0.25) is 5.91 Å². The molecule has 1 aromatic heterocycles. The highest BCUT2D eigenvalue weighted by Crippen LogP contribution is 2.11. The fourth-order valence-corrected chi connectivity index (χ4v) is 2.06. The standard InChI is InChI=1S/C11H13BrN2O2/c12-10-5-9(7-13-8-10)6-11(15)14-1-3-16-4-2-14/h5,7-8H,1-4,6H2. The zero-order valence-corrected chi connectivity index (χ0v) is 10.4. The van der Waals surface area contributed by atoms with Crippen molar-refractivity contribution in [1.82, 2.24) is 9.88 Å². The first-order valence-corrected chi connectivity index (χ1v) is 6.00. The first-order valence-electron chi connectivity index (χ1n) is 5.20. The van der Waals surface area contributed by atoms with Gasteiger partial charge in [0.25, 0.3) is 0 Å². The summed E-state index contributed by atoms with van der Waals surface area (Å²) < 4.78 is 6.11. The third kappa shape index (κ3) is 3.02. The molecule has 0 bridgehead atoms. The molecule has 1 aliphatic rings. The van der Waals surface area contributed by atoms with Crippen molar-refractivity contribution in [2.24, 2.45) is 0 Å². The van der Waals surface area contributed by atoms with Crippen LogP contribution in [0.2, 0.25) is 0 Å². The number of carbonyl (C=O) groups excluding carboxylic acids is 1. The van der Waals surface area contributed by atoms with Crippen LogP contribution in [0.25, 0.3) is 0 Å². The highest BCUT2D eigenvalue weighted by molar-refractivity contribution is 9.10. The van der Waals surface area contributed by atoms with E-state index < -0.39 is 0 Å². The van der Waals surface area contributed by atoms with E-state index in [-0.39, 0.29) is 5.91 Å². The molecular formula is C11H13BrN2O2. The number of hydrogen-bond acceptors (Lipinski definition) is 3. The second-order valence-electron chi connectivity index (χ2n) is 3.68. The van der Waals surface area contributed by atoms with Gasteiger partial charge in [0.1, 0.15) is 0 Å². The number of rotatable bonds is 2. The van der Waals surface area contributed by atoms with Gasteiger partial charge < -0.3 is 9.64 Å². The number of nitrogens with zero attached hydrogens (tertiary/aromatic N) is 2. The Balaban J connectivity index is 1.96. The van der Waals surface area contributed by atoms with Crippen molar-refractivity contribution >= 4 is 21.8 Å². The van der Waals surface area contributed by atoms with E-state index in [0.29, 0.717) is 32.7 Å². The summed E-state index contributed by atoms with van der Waals surface area (Å²) in [4.78, 5) is 17.8. The van der Waals surface area contributed by atoms with Gasteiger partial charge in [-0.3, -0.25) is 9.78 Å². The minimum atomic E-state index is 0.142. The highest BCUT2D eigenvalue weighted by atomic mass is 79.9. The Hall–Kier alpha value is -0.940. The lowest BCUT2D eigenvalue weighted by molar-refractivity contribution is -0.134. The van der Waals surface area contributed by atoms with Gasteiger partial charge in [-0.25, -0.2) is 0 Å². The molecule has 5 heteroatoms. The smallest absolute Gasteiger partial charge is 0.227 e. The topological polar surface area (TPSA) is 42.4 Å². The van der Waals surface area contributed by atoms with Crippen molar-refractivity contribution < 1.29 is 9.53 Å². The second-order valence-corrected chi connectivity index (χ2v) is 4.60. The largest absolute Gasteiger partial charge is 0.378 e. The molecule has 1 fully saturated rings. The van der Waals surface area contributed by atoms with Crippen LogP contribution in [0.15, 0.2) is 22.9 Å². The second kappa shape index (κ2) is 5.41. The lowest BCUT2D eigenvalue weighted by Gasteiger charge is -2.26. The highest BCUT2D eigenvalue weighted by Gasteiger charge is 2.16. The van der Waals surface area contributed by atoms with Gasteiger partial charge in [0, 0.05) is 30.0 Å². The van der Waals surface area contributed by atoms with E-state index in [2.05, 4.69) is 20.9 Å². The molecule has 1 amide bonds. The average Bonchev–Trinajstić information content (AvgIpc) is 2.30. The molecule has 1 aliphatic heterocycles. The minimum absolute atomic E-state index is 0.142. The molecule has 0 spiro atoms. The molecular weight excluding hydrogens is 272 g/mol. The quantitative estimate of drug-likeness (QED) is 0.821. The predicted molar refractivity (Wildman–Crippen MR) is 63.0 cm³/mol. The van der Waals surface area contributed by atoms with Crippen LogP contribution in [0.4, 0.5) is 0 Å². The number of pyridine rings is 1. The lowest BCUT2D eigenvalue weighted by Crippen LogP contribution is -2.41. The molecule has 0 radical (unpaired) electrons. The number of amides is 1. The van der Waals surface area contributed by atoms with E-state index in [4.69, 9.17) is 4.74 Å². The van der Waals surface area contributed by atoms with Crippen molar-refractivity contribution in [3.05, 3.63) is 28.5 Å². The molecule has 0 aromatic carbocycles. The predicted octanol–water partition coefficient (Wildman–Crippen LogP) is 1.25. The number of carbonyl (C=O) groups is 1. The normalized spacial score (nSPS) is 16.2. The van der Waals surface area contributed by atoms with Crippen LogP contribution >= 0.6 is 15.9 Å². The lowest BCUT2D eigenvalue weighted by atomic mass is 10.2. The molecule has 1 saturated heterocycles. The molecule has 0 unspecified atom stereocenters. The Kier molecular flexibility index (Phi) is 3.90. The fraction of sp³-hybridized carbons (Fsp3) is 0.455. The Morgan fingerprint density at radius 3 is 2.88 bits per heavy atom. The Labute approximate surface area is 103 Å². The SMILES string of the molecule is O=C(Cc1cncc(Br)c1)N1CCOCC1. The van der Waals surface area contributed by atoms with E-state index in [1.807, 2.05) is 11.0 Å². The molecule has 2 rings (SSSR count). The zero-order valence-electron chi connectivity index (χ0n) is 8.86.